The number of carboxylic acid groups (broad SMARTS) is 1. The number of aliphatic carboxylic acids is 1. The summed E-state index contributed by atoms with van der Waals surface area (Å²) in [5.74, 6) is -0.764. The first-order valence-electron chi connectivity index (χ1n) is 6.07. The standard InChI is InChI=1S/C12H25NO3/c1-5-12(11(14)15,13-10(3)4)8-7-9-16-6-2/h10,13H,5-9H2,1-4H3,(H,14,15). The molecule has 0 radical (unpaired) electrons. The van der Waals surface area contributed by atoms with E-state index in [1.165, 1.54) is 0 Å². The summed E-state index contributed by atoms with van der Waals surface area (Å²) in [6.45, 7) is 9.10. The normalized spacial score (nSPS) is 15.1. The lowest BCUT2D eigenvalue weighted by atomic mass is 9.89. The van der Waals surface area contributed by atoms with Crippen LogP contribution in [0.3, 0.4) is 0 Å². The van der Waals surface area contributed by atoms with E-state index in [4.69, 9.17) is 4.74 Å². The summed E-state index contributed by atoms with van der Waals surface area (Å²) in [7, 11) is 0. The Bertz CT molecular complexity index is 206. The maximum atomic E-state index is 11.3. The zero-order valence-corrected chi connectivity index (χ0v) is 10.9. The molecule has 0 bridgehead atoms. The molecular formula is C12H25NO3. The molecule has 96 valence electrons. The zero-order valence-electron chi connectivity index (χ0n) is 10.9. The number of carbonyl (C=O) groups is 1. The number of hydrogen-bond donors (Lipinski definition) is 2. The van der Waals surface area contributed by atoms with Crippen LogP contribution in [0.2, 0.25) is 0 Å². The van der Waals surface area contributed by atoms with E-state index in [1.807, 2.05) is 27.7 Å². The number of carboxylic acids is 1. The van der Waals surface area contributed by atoms with E-state index in [-0.39, 0.29) is 6.04 Å². The minimum Gasteiger partial charge on any atom is -0.480 e. The largest absolute Gasteiger partial charge is 0.480 e. The summed E-state index contributed by atoms with van der Waals surface area (Å²) >= 11 is 0. The van der Waals surface area contributed by atoms with E-state index in [0.717, 1.165) is 6.42 Å². The van der Waals surface area contributed by atoms with Crippen molar-refractivity contribution in [2.24, 2.45) is 0 Å². The molecule has 0 heterocycles. The molecule has 0 aromatic heterocycles. The molecule has 1 unspecified atom stereocenters. The van der Waals surface area contributed by atoms with Crippen molar-refractivity contribution in [1.29, 1.82) is 0 Å². The molecule has 0 saturated heterocycles. The summed E-state index contributed by atoms with van der Waals surface area (Å²) in [5.41, 5.74) is -0.800. The van der Waals surface area contributed by atoms with E-state index in [0.29, 0.717) is 26.1 Å². The summed E-state index contributed by atoms with van der Waals surface area (Å²) in [4.78, 5) is 11.3. The van der Waals surface area contributed by atoms with Crippen molar-refractivity contribution < 1.29 is 14.6 Å². The molecule has 4 heteroatoms. The van der Waals surface area contributed by atoms with Crippen LogP contribution in [-0.2, 0) is 9.53 Å². The molecule has 2 N–H and O–H groups in total. The predicted octanol–water partition coefficient (Wildman–Crippen LogP) is 2.03. The Morgan fingerprint density at radius 1 is 1.44 bits per heavy atom. The first kappa shape index (κ1) is 15.4. The summed E-state index contributed by atoms with van der Waals surface area (Å²) in [6, 6.07) is 0.170. The molecule has 1 atom stereocenters. The van der Waals surface area contributed by atoms with Gasteiger partial charge in [0.25, 0.3) is 0 Å². The third-order valence-electron chi connectivity index (χ3n) is 2.67. The Kier molecular flexibility index (Phi) is 7.34. The van der Waals surface area contributed by atoms with E-state index < -0.39 is 11.5 Å². The minimum absolute atomic E-state index is 0.170. The molecule has 0 aliphatic heterocycles. The highest BCUT2D eigenvalue weighted by Crippen LogP contribution is 2.19. The molecule has 4 nitrogen and oxygen atoms in total. The predicted molar refractivity (Wildman–Crippen MR) is 64.7 cm³/mol. The fourth-order valence-electron chi connectivity index (χ4n) is 1.84. The molecule has 0 saturated carbocycles. The highest BCUT2D eigenvalue weighted by molar-refractivity contribution is 5.78. The maximum Gasteiger partial charge on any atom is 0.323 e. The number of hydrogen-bond acceptors (Lipinski definition) is 3. The summed E-state index contributed by atoms with van der Waals surface area (Å²) in [6.07, 6.45) is 1.97. The van der Waals surface area contributed by atoms with Crippen molar-refractivity contribution >= 4 is 5.97 Å². The minimum atomic E-state index is -0.800. The van der Waals surface area contributed by atoms with Crippen LogP contribution in [0.25, 0.3) is 0 Å². The van der Waals surface area contributed by atoms with Crippen molar-refractivity contribution in [3.8, 4) is 0 Å². The van der Waals surface area contributed by atoms with E-state index >= 15 is 0 Å². The zero-order chi connectivity index (χ0) is 12.6. The highest BCUT2D eigenvalue weighted by Gasteiger charge is 2.36. The van der Waals surface area contributed by atoms with E-state index in [1.54, 1.807) is 0 Å². The Labute approximate surface area is 98.4 Å². The molecule has 0 amide bonds. The van der Waals surface area contributed by atoms with Gasteiger partial charge >= 0.3 is 5.97 Å². The van der Waals surface area contributed by atoms with Crippen molar-refractivity contribution in [2.75, 3.05) is 13.2 Å². The Hall–Kier alpha value is -0.610. The highest BCUT2D eigenvalue weighted by atomic mass is 16.5. The van der Waals surface area contributed by atoms with Crippen molar-refractivity contribution in [1.82, 2.24) is 5.32 Å². The van der Waals surface area contributed by atoms with Crippen LogP contribution >= 0.6 is 0 Å². The van der Waals surface area contributed by atoms with Gasteiger partial charge < -0.3 is 9.84 Å². The molecule has 0 aliphatic rings. The second kappa shape index (κ2) is 7.63. The van der Waals surface area contributed by atoms with Gasteiger partial charge in [0.05, 0.1) is 0 Å². The first-order chi connectivity index (χ1) is 7.48. The lowest BCUT2D eigenvalue weighted by Gasteiger charge is -2.31. The molecular weight excluding hydrogens is 206 g/mol. The molecule has 0 fully saturated rings. The molecule has 16 heavy (non-hydrogen) atoms. The second-order valence-corrected chi connectivity index (χ2v) is 4.34. The monoisotopic (exact) mass is 231 g/mol. The van der Waals surface area contributed by atoms with Gasteiger partial charge in [-0.25, -0.2) is 0 Å². The van der Waals surface area contributed by atoms with Gasteiger partial charge in [-0.1, -0.05) is 6.92 Å². The number of nitrogens with one attached hydrogen (secondary N) is 1. The van der Waals surface area contributed by atoms with Gasteiger partial charge in [-0.15, -0.1) is 0 Å². The van der Waals surface area contributed by atoms with Crippen molar-refractivity contribution in [3.63, 3.8) is 0 Å². The third-order valence-corrected chi connectivity index (χ3v) is 2.67. The van der Waals surface area contributed by atoms with Crippen LogP contribution in [0, 0.1) is 0 Å². The van der Waals surface area contributed by atoms with Crippen LogP contribution in [0.5, 0.6) is 0 Å². The molecule has 0 spiro atoms. The Balaban J connectivity index is 4.34. The van der Waals surface area contributed by atoms with E-state index in [2.05, 4.69) is 5.32 Å². The van der Waals surface area contributed by atoms with Crippen molar-refractivity contribution in [2.45, 2.75) is 58.5 Å². The smallest absolute Gasteiger partial charge is 0.323 e. The van der Waals surface area contributed by atoms with Crippen LogP contribution in [0.4, 0.5) is 0 Å². The van der Waals surface area contributed by atoms with Crippen molar-refractivity contribution in [3.05, 3.63) is 0 Å². The van der Waals surface area contributed by atoms with Gasteiger partial charge in [0.2, 0.25) is 0 Å². The quantitative estimate of drug-likeness (QED) is 0.596. The van der Waals surface area contributed by atoms with Crippen LogP contribution < -0.4 is 5.32 Å². The fourth-order valence-corrected chi connectivity index (χ4v) is 1.84. The maximum absolute atomic E-state index is 11.3. The SMILES string of the molecule is CCOCCCC(CC)(NC(C)C)C(=O)O. The fraction of sp³-hybridized carbons (Fsp3) is 0.917. The first-order valence-corrected chi connectivity index (χ1v) is 6.07. The lowest BCUT2D eigenvalue weighted by molar-refractivity contribution is -0.146. The van der Waals surface area contributed by atoms with Gasteiger partial charge in [0, 0.05) is 19.3 Å². The van der Waals surface area contributed by atoms with Crippen LogP contribution in [-0.4, -0.2) is 35.9 Å². The van der Waals surface area contributed by atoms with Gasteiger partial charge in [0.1, 0.15) is 5.54 Å². The second-order valence-electron chi connectivity index (χ2n) is 4.34. The van der Waals surface area contributed by atoms with Gasteiger partial charge in [-0.05, 0) is 40.0 Å². The summed E-state index contributed by atoms with van der Waals surface area (Å²) < 4.78 is 5.24. The molecule has 0 aromatic rings. The topological polar surface area (TPSA) is 58.6 Å². The number of rotatable bonds is 9. The van der Waals surface area contributed by atoms with E-state index in [9.17, 15) is 9.90 Å². The Morgan fingerprint density at radius 2 is 2.06 bits per heavy atom. The van der Waals surface area contributed by atoms with Crippen LogP contribution in [0.15, 0.2) is 0 Å². The average Bonchev–Trinajstić information content (AvgIpc) is 2.21. The average molecular weight is 231 g/mol. The molecule has 0 aromatic carbocycles. The summed E-state index contributed by atoms with van der Waals surface area (Å²) in [5, 5.41) is 12.5. The lowest BCUT2D eigenvalue weighted by Crippen LogP contribution is -2.54. The van der Waals surface area contributed by atoms with Crippen LogP contribution in [0.1, 0.15) is 47.0 Å². The number of ether oxygens (including phenoxy) is 1. The Morgan fingerprint density at radius 3 is 2.44 bits per heavy atom. The molecule has 0 rings (SSSR count). The molecule has 0 aliphatic carbocycles. The van der Waals surface area contributed by atoms with Gasteiger partial charge in [-0.2, -0.15) is 0 Å². The van der Waals surface area contributed by atoms with Gasteiger partial charge in [-0.3, -0.25) is 10.1 Å². The van der Waals surface area contributed by atoms with Gasteiger partial charge in [0.15, 0.2) is 0 Å². The third kappa shape index (κ3) is 4.94.